The molecule has 0 aliphatic carbocycles. The first kappa shape index (κ1) is 10.9. The van der Waals surface area contributed by atoms with Gasteiger partial charge in [-0.1, -0.05) is 6.07 Å². The highest BCUT2D eigenvalue weighted by Crippen LogP contribution is 2.28. The van der Waals surface area contributed by atoms with Gasteiger partial charge in [-0.05, 0) is 18.6 Å². The largest absolute Gasteiger partial charge is 0.496 e. The monoisotopic (exact) mass is 213 g/mol. The fourth-order valence-corrected chi connectivity index (χ4v) is 1.45. The van der Waals surface area contributed by atoms with Crippen LogP contribution in [0.4, 0.5) is 5.69 Å². The molecule has 1 aromatic rings. The summed E-state index contributed by atoms with van der Waals surface area (Å²) in [7, 11) is 1.51. The molecule has 0 bridgehead atoms. The third kappa shape index (κ3) is 1.82. The molecule has 0 saturated heterocycles. The number of ether oxygens (including phenoxy) is 1. The Balaban J connectivity index is 3.37. The third-order valence-corrected chi connectivity index (χ3v) is 2.23. The number of hydrogen-bond acceptors (Lipinski definition) is 3. The first-order chi connectivity index (χ1) is 6.61. The van der Waals surface area contributed by atoms with Gasteiger partial charge in [0.2, 0.25) is 0 Å². The Morgan fingerprint density at radius 3 is 2.71 bits per heavy atom. The Morgan fingerprint density at radius 1 is 1.57 bits per heavy atom. The van der Waals surface area contributed by atoms with E-state index in [0.29, 0.717) is 17.0 Å². The van der Waals surface area contributed by atoms with Gasteiger partial charge in [-0.15, -0.1) is 11.6 Å². The van der Waals surface area contributed by atoms with Crippen LogP contribution in [0, 0.1) is 6.92 Å². The molecule has 0 saturated carbocycles. The van der Waals surface area contributed by atoms with Gasteiger partial charge in [0.15, 0.2) is 5.78 Å². The van der Waals surface area contributed by atoms with Crippen LogP contribution in [0.1, 0.15) is 15.9 Å². The highest BCUT2D eigenvalue weighted by Gasteiger charge is 2.16. The van der Waals surface area contributed by atoms with Gasteiger partial charge in [0.1, 0.15) is 5.75 Å². The zero-order valence-corrected chi connectivity index (χ0v) is 8.89. The lowest BCUT2D eigenvalue weighted by Crippen LogP contribution is -2.08. The number of halogens is 1. The SMILES string of the molecule is COc1c(C)ccc(N)c1C(=O)CCl. The van der Waals surface area contributed by atoms with E-state index in [1.54, 1.807) is 12.1 Å². The first-order valence-electron chi connectivity index (χ1n) is 4.14. The summed E-state index contributed by atoms with van der Waals surface area (Å²) in [5.41, 5.74) is 7.33. The van der Waals surface area contributed by atoms with E-state index in [-0.39, 0.29) is 11.7 Å². The summed E-state index contributed by atoms with van der Waals surface area (Å²) >= 11 is 5.48. The zero-order valence-electron chi connectivity index (χ0n) is 8.13. The molecule has 0 aliphatic rings. The van der Waals surface area contributed by atoms with E-state index < -0.39 is 0 Å². The van der Waals surface area contributed by atoms with Crippen molar-refractivity contribution in [2.45, 2.75) is 6.92 Å². The van der Waals surface area contributed by atoms with Crippen LogP contribution in [-0.2, 0) is 0 Å². The van der Waals surface area contributed by atoms with Crippen molar-refractivity contribution in [1.82, 2.24) is 0 Å². The summed E-state index contributed by atoms with van der Waals surface area (Å²) in [4.78, 5) is 11.5. The number of carbonyl (C=O) groups is 1. The molecule has 0 radical (unpaired) electrons. The van der Waals surface area contributed by atoms with Crippen LogP contribution < -0.4 is 10.5 Å². The van der Waals surface area contributed by atoms with Crippen molar-refractivity contribution in [2.75, 3.05) is 18.7 Å². The summed E-state index contributed by atoms with van der Waals surface area (Å²) in [6, 6.07) is 3.48. The number of methoxy groups -OCH3 is 1. The maximum absolute atomic E-state index is 11.5. The van der Waals surface area contributed by atoms with Gasteiger partial charge >= 0.3 is 0 Å². The molecule has 1 rings (SSSR count). The first-order valence-corrected chi connectivity index (χ1v) is 4.67. The molecule has 4 heteroatoms. The van der Waals surface area contributed by atoms with Crippen molar-refractivity contribution in [3.63, 3.8) is 0 Å². The van der Waals surface area contributed by atoms with Gasteiger partial charge in [0.25, 0.3) is 0 Å². The van der Waals surface area contributed by atoms with Crippen LogP contribution >= 0.6 is 11.6 Å². The summed E-state index contributed by atoms with van der Waals surface area (Å²) in [5.74, 6) is 0.199. The maximum atomic E-state index is 11.5. The van der Waals surface area contributed by atoms with Crippen LogP contribution in [0.25, 0.3) is 0 Å². The van der Waals surface area contributed by atoms with Gasteiger partial charge in [-0.3, -0.25) is 4.79 Å². The van der Waals surface area contributed by atoms with Crippen LogP contribution in [0.2, 0.25) is 0 Å². The summed E-state index contributed by atoms with van der Waals surface area (Å²) in [5, 5.41) is 0. The lowest BCUT2D eigenvalue weighted by Gasteiger charge is -2.11. The average molecular weight is 214 g/mol. The molecular formula is C10H12ClNO2. The van der Waals surface area contributed by atoms with Gasteiger partial charge < -0.3 is 10.5 Å². The fraction of sp³-hybridized carbons (Fsp3) is 0.300. The lowest BCUT2D eigenvalue weighted by molar-refractivity contribution is 0.101. The van der Waals surface area contributed by atoms with Crippen molar-refractivity contribution in [3.8, 4) is 5.75 Å². The summed E-state index contributed by atoms with van der Waals surface area (Å²) in [6.07, 6.45) is 0. The number of alkyl halides is 1. The number of hydrogen-bond donors (Lipinski definition) is 1. The second-order valence-electron chi connectivity index (χ2n) is 2.94. The minimum absolute atomic E-state index is 0.0932. The fourth-order valence-electron chi connectivity index (χ4n) is 1.32. The summed E-state index contributed by atoms with van der Waals surface area (Å²) in [6.45, 7) is 1.85. The van der Waals surface area contributed by atoms with Crippen LogP contribution in [0.15, 0.2) is 12.1 Å². The second kappa shape index (κ2) is 4.33. The number of nitrogens with two attached hydrogens (primary N) is 1. The number of rotatable bonds is 3. The number of Topliss-reactive ketones (excluding diaryl/α,β-unsaturated/α-hetero) is 1. The Hall–Kier alpha value is -1.22. The highest BCUT2D eigenvalue weighted by atomic mass is 35.5. The molecule has 1 aromatic carbocycles. The maximum Gasteiger partial charge on any atom is 0.183 e. The van der Waals surface area contributed by atoms with Crippen LogP contribution in [0.5, 0.6) is 5.75 Å². The molecule has 0 amide bonds. The van der Waals surface area contributed by atoms with Gasteiger partial charge in [0.05, 0.1) is 18.6 Å². The topological polar surface area (TPSA) is 52.3 Å². The smallest absolute Gasteiger partial charge is 0.183 e. The van der Waals surface area contributed by atoms with Crippen LogP contribution in [-0.4, -0.2) is 18.8 Å². The van der Waals surface area contributed by atoms with E-state index >= 15 is 0 Å². The molecular weight excluding hydrogens is 202 g/mol. The van der Waals surface area contributed by atoms with Crippen molar-refractivity contribution in [2.24, 2.45) is 0 Å². The second-order valence-corrected chi connectivity index (χ2v) is 3.20. The number of ketones is 1. The highest BCUT2D eigenvalue weighted by molar-refractivity contribution is 6.31. The molecule has 0 fully saturated rings. The molecule has 0 aromatic heterocycles. The molecule has 14 heavy (non-hydrogen) atoms. The predicted molar refractivity (Wildman–Crippen MR) is 57.2 cm³/mol. The van der Waals surface area contributed by atoms with E-state index in [9.17, 15) is 4.79 Å². The Labute approximate surface area is 87.8 Å². The molecule has 76 valence electrons. The quantitative estimate of drug-likeness (QED) is 0.475. The predicted octanol–water partition coefficient (Wildman–Crippen LogP) is 2.01. The minimum atomic E-state index is -0.218. The molecule has 0 aliphatic heterocycles. The number of carbonyl (C=O) groups excluding carboxylic acids is 1. The van der Waals surface area contributed by atoms with Crippen molar-refractivity contribution in [1.29, 1.82) is 0 Å². The number of nitrogen functional groups attached to an aromatic ring is 1. The summed E-state index contributed by atoms with van der Waals surface area (Å²) < 4.78 is 5.12. The van der Waals surface area contributed by atoms with Gasteiger partial charge in [0, 0.05) is 5.69 Å². The molecule has 2 N–H and O–H groups in total. The van der Waals surface area contributed by atoms with Crippen LogP contribution in [0.3, 0.4) is 0 Å². The molecule has 0 heterocycles. The number of anilines is 1. The van der Waals surface area contributed by atoms with Crippen molar-refractivity contribution >= 4 is 23.1 Å². The van der Waals surface area contributed by atoms with E-state index in [2.05, 4.69) is 0 Å². The average Bonchev–Trinajstić information content (AvgIpc) is 2.19. The van der Waals surface area contributed by atoms with E-state index in [1.807, 2.05) is 6.92 Å². The Bertz CT molecular complexity index is 363. The number of aryl methyl sites for hydroxylation is 1. The Kier molecular flexibility index (Phi) is 3.36. The zero-order chi connectivity index (χ0) is 10.7. The molecule has 0 atom stereocenters. The van der Waals surface area contributed by atoms with Gasteiger partial charge in [-0.2, -0.15) is 0 Å². The normalized spacial score (nSPS) is 9.93. The van der Waals surface area contributed by atoms with E-state index in [0.717, 1.165) is 5.56 Å². The minimum Gasteiger partial charge on any atom is -0.496 e. The standard InChI is InChI=1S/C10H12ClNO2/c1-6-3-4-7(12)9(8(13)5-11)10(6)14-2/h3-4H,5,12H2,1-2H3. The van der Waals surface area contributed by atoms with E-state index in [4.69, 9.17) is 22.1 Å². The number of benzene rings is 1. The molecule has 3 nitrogen and oxygen atoms in total. The lowest BCUT2D eigenvalue weighted by atomic mass is 10.0. The molecule has 0 spiro atoms. The van der Waals surface area contributed by atoms with E-state index in [1.165, 1.54) is 7.11 Å². The van der Waals surface area contributed by atoms with Gasteiger partial charge in [-0.25, -0.2) is 0 Å². The van der Waals surface area contributed by atoms with Crippen molar-refractivity contribution < 1.29 is 9.53 Å². The third-order valence-electron chi connectivity index (χ3n) is 1.99. The van der Waals surface area contributed by atoms with Crippen molar-refractivity contribution in [3.05, 3.63) is 23.3 Å². The molecule has 0 unspecified atom stereocenters. The Morgan fingerprint density at radius 2 is 2.21 bits per heavy atom.